The van der Waals surface area contributed by atoms with Crippen molar-refractivity contribution in [2.24, 2.45) is 10.2 Å². The zero-order chi connectivity index (χ0) is 21.6. The van der Waals surface area contributed by atoms with E-state index in [0.717, 1.165) is 11.3 Å². The van der Waals surface area contributed by atoms with Crippen molar-refractivity contribution >= 4 is 67.3 Å². The first-order chi connectivity index (χ1) is 13.3. The van der Waals surface area contributed by atoms with Gasteiger partial charge < -0.3 is 9.84 Å². The summed E-state index contributed by atoms with van der Waals surface area (Å²) < 4.78 is 31.6. The molecule has 9 nitrogen and oxygen atoms in total. The lowest BCUT2D eigenvalue weighted by atomic mass is 10.1. The lowest BCUT2D eigenvalue weighted by Crippen LogP contribution is -2.25. The van der Waals surface area contributed by atoms with Crippen molar-refractivity contribution in [2.75, 3.05) is 4.72 Å². The van der Waals surface area contributed by atoms with E-state index in [1.807, 2.05) is 0 Å². The Balaban J connectivity index is 1.92. The topological polar surface area (TPSA) is 134 Å². The van der Waals surface area contributed by atoms with E-state index >= 15 is 0 Å². The Bertz CT molecular complexity index is 1140. The van der Waals surface area contributed by atoms with Crippen LogP contribution >= 0.6 is 33.9 Å². The second-order valence-electron chi connectivity index (χ2n) is 7.09. The van der Waals surface area contributed by atoms with E-state index in [-0.39, 0.29) is 21.0 Å². The van der Waals surface area contributed by atoms with Crippen LogP contribution in [0.5, 0.6) is 0 Å². The zero-order valence-electron chi connectivity index (χ0n) is 15.5. The number of carbonyl (C=O) groups excluding carboxylic acids is 1. The Morgan fingerprint density at radius 1 is 1.28 bits per heavy atom. The van der Waals surface area contributed by atoms with Gasteiger partial charge in [-0.25, -0.2) is 18.0 Å². The fourth-order valence-electron chi connectivity index (χ4n) is 2.48. The number of anilines is 1. The van der Waals surface area contributed by atoms with Crippen LogP contribution in [-0.2, 0) is 23.1 Å². The monoisotopic (exact) mass is 549 g/mol. The SMILES string of the molecule is CC(C)(C)OC(=O)c1ccsc1S(=O)(=O)Nc1ccc2c(c1)C(I)(C(=O)O)N=N2. The summed E-state index contributed by atoms with van der Waals surface area (Å²) in [5.41, 5.74) is -0.125. The van der Waals surface area contributed by atoms with Gasteiger partial charge in [0.1, 0.15) is 5.60 Å². The molecule has 3 rings (SSSR count). The standard InChI is InChI=1S/C17H16IN3O6S2/c1-16(2,3)27-13(22)10-6-7-28-14(10)29(25,26)20-9-4-5-12-11(8-9)17(18,15(23)24)21-19-12/h4-8,20H,1-3H3,(H,23,24). The molecular formula is C17H16IN3O6S2. The number of hydrogen-bond donors (Lipinski definition) is 2. The van der Waals surface area contributed by atoms with Crippen molar-refractivity contribution in [1.82, 2.24) is 0 Å². The quantitative estimate of drug-likeness (QED) is 0.248. The molecule has 0 aliphatic carbocycles. The fourth-order valence-corrected chi connectivity index (χ4v) is 5.39. The summed E-state index contributed by atoms with van der Waals surface area (Å²) in [6.45, 7) is 5.05. The van der Waals surface area contributed by atoms with Gasteiger partial charge in [-0.1, -0.05) is 0 Å². The highest BCUT2D eigenvalue weighted by molar-refractivity contribution is 14.1. The van der Waals surface area contributed by atoms with Crippen molar-refractivity contribution in [3.63, 3.8) is 0 Å². The second kappa shape index (κ2) is 7.32. The van der Waals surface area contributed by atoms with Gasteiger partial charge in [-0.05, 0) is 73.0 Å². The first kappa shape index (κ1) is 21.6. The summed E-state index contributed by atoms with van der Waals surface area (Å²) >= 11 is 2.52. The molecular weight excluding hydrogens is 533 g/mol. The number of esters is 1. The molecule has 0 saturated carbocycles. The minimum atomic E-state index is -4.12. The number of thiophene rings is 1. The molecule has 1 aliphatic heterocycles. The van der Waals surface area contributed by atoms with Gasteiger partial charge >= 0.3 is 11.9 Å². The Morgan fingerprint density at radius 2 is 1.97 bits per heavy atom. The average Bonchev–Trinajstić information content (AvgIpc) is 3.20. The number of carbonyl (C=O) groups is 2. The van der Waals surface area contributed by atoms with Gasteiger partial charge in [0.05, 0.1) is 11.3 Å². The number of benzene rings is 1. The van der Waals surface area contributed by atoms with E-state index in [0.29, 0.717) is 5.69 Å². The molecule has 1 atom stereocenters. The van der Waals surface area contributed by atoms with E-state index in [1.165, 1.54) is 29.6 Å². The lowest BCUT2D eigenvalue weighted by molar-refractivity contribution is -0.139. The molecule has 12 heteroatoms. The normalized spacial score (nSPS) is 18.3. The number of halogens is 1. The average molecular weight is 549 g/mol. The summed E-state index contributed by atoms with van der Waals surface area (Å²) in [6, 6.07) is 5.67. The highest BCUT2D eigenvalue weighted by Gasteiger charge is 2.44. The molecule has 1 unspecified atom stereocenters. The van der Waals surface area contributed by atoms with Crippen molar-refractivity contribution < 1.29 is 27.9 Å². The predicted octanol–water partition coefficient (Wildman–Crippen LogP) is 4.27. The summed E-state index contributed by atoms with van der Waals surface area (Å²) in [4.78, 5) is 23.9. The van der Waals surface area contributed by atoms with Crippen molar-refractivity contribution in [3.05, 3.63) is 40.8 Å². The van der Waals surface area contributed by atoms with E-state index < -0.39 is 31.1 Å². The number of ether oxygens (including phenoxy) is 1. The van der Waals surface area contributed by atoms with Crippen LogP contribution in [0, 0.1) is 0 Å². The maximum atomic E-state index is 12.9. The van der Waals surface area contributed by atoms with Crippen molar-refractivity contribution in [2.45, 2.75) is 34.1 Å². The Labute approximate surface area is 184 Å². The van der Waals surface area contributed by atoms with E-state index in [4.69, 9.17) is 4.74 Å². The van der Waals surface area contributed by atoms with Gasteiger partial charge in [-0.3, -0.25) is 4.72 Å². The Hall–Kier alpha value is -2.06. The molecule has 2 aromatic rings. The number of nitrogens with zero attached hydrogens (tertiary/aromatic N) is 2. The van der Waals surface area contributed by atoms with Crippen molar-refractivity contribution in [1.29, 1.82) is 0 Å². The number of azo groups is 1. The third-order valence-electron chi connectivity index (χ3n) is 3.68. The van der Waals surface area contributed by atoms with E-state index in [2.05, 4.69) is 15.0 Å². The molecule has 1 aromatic heterocycles. The second-order valence-corrected chi connectivity index (χ2v) is 11.4. The predicted molar refractivity (Wildman–Crippen MR) is 115 cm³/mol. The number of carboxylic acid groups (broad SMARTS) is 1. The maximum absolute atomic E-state index is 12.9. The molecule has 0 radical (unpaired) electrons. The highest BCUT2D eigenvalue weighted by atomic mass is 127. The third kappa shape index (κ3) is 4.28. The molecule has 1 aliphatic rings. The lowest BCUT2D eigenvalue weighted by Gasteiger charge is -2.19. The Morgan fingerprint density at radius 3 is 2.59 bits per heavy atom. The van der Waals surface area contributed by atoms with Crippen LogP contribution in [0.3, 0.4) is 0 Å². The highest BCUT2D eigenvalue weighted by Crippen LogP contribution is 2.46. The first-order valence-corrected chi connectivity index (χ1v) is 11.6. The molecule has 2 heterocycles. The number of carboxylic acids is 1. The summed E-state index contributed by atoms with van der Waals surface area (Å²) in [5, 5.41) is 18.5. The van der Waals surface area contributed by atoms with E-state index in [9.17, 15) is 23.1 Å². The molecule has 154 valence electrons. The number of rotatable bonds is 5. The molecule has 0 fully saturated rings. The molecule has 1 aromatic carbocycles. The maximum Gasteiger partial charge on any atom is 0.348 e. The largest absolute Gasteiger partial charge is 0.479 e. The van der Waals surface area contributed by atoms with Crippen LogP contribution in [0.4, 0.5) is 11.4 Å². The minimum Gasteiger partial charge on any atom is -0.479 e. The zero-order valence-corrected chi connectivity index (χ0v) is 19.3. The van der Waals surface area contributed by atoms with Gasteiger partial charge in [0.15, 0.2) is 4.21 Å². The number of fused-ring (bicyclic) bond motifs is 1. The molecule has 29 heavy (non-hydrogen) atoms. The van der Waals surface area contributed by atoms with E-state index in [1.54, 1.807) is 43.4 Å². The number of hydrogen-bond acceptors (Lipinski definition) is 8. The van der Waals surface area contributed by atoms with Gasteiger partial charge in [0.2, 0.25) is 0 Å². The van der Waals surface area contributed by atoms with Crippen LogP contribution < -0.4 is 4.72 Å². The van der Waals surface area contributed by atoms with Gasteiger partial charge in [-0.2, -0.15) is 10.2 Å². The minimum absolute atomic E-state index is 0.0719. The summed E-state index contributed by atoms with van der Waals surface area (Å²) in [5.74, 6) is -1.96. The number of sulfonamides is 1. The first-order valence-electron chi connectivity index (χ1n) is 8.17. The van der Waals surface area contributed by atoms with Gasteiger partial charge in [0.25, 0.3) is 13.6 Å². The number of nitrogens with one attached hydrogen (secondary N) is 1. The van der Waals surface area contributed by atoms with Crippen LogP contribution in [0.2, 0.25) is 0 Å². The summed E-state index contributed by atoms with van der Waals surface area (Å²) in [7, 11) is -4.12. The van der Waals surface area contributed by atoms with Crippen molar-refractivity contribution in [3.8, 4) is 0 Å². The third-order valence-corrected chi connectivity index (χ3v) is 7.80. The van der Waals surface area contributed by atoms with Crippen LogP contribution in [-0.4, -0.2) is 31.1 Å². The molecule has 0 amide bonds. The fraction of sp³-hybridized carbons (Fsp3) is 0.294. The molecule has 0 saturated heterocycles. The number of aliphatic carboxylic acids is 1. The van der Waals surface area contributed by atoms with Crippen LogP contribution in [0.1, 0.15) is 36.7 Å². The number of alkyl halides is 1. The molecule has 2 N–H and O–H groups in total. The molecule has 0 spiro atoms. The van der Waals surface area contributed by atoms with Gasteiger partial charge in [0, 0.05) is 11.3 Å². The smallest absolute Gasteiger partial charge is 0.348 e. The van der Waals surface area contributed by atoms with Crippen LogP contribution in [0.25, 0.3) is 0 Å². The molecule has 0 bridgehead atoms. The summed E-state index contributed by atoms with van der Waals surface area (Å²) in [6.07, 6.45) is 0. The van der Waals surface area contributed by atoms with Crippen LogP contribution in [0.15, 0.2) is 44.1 Å². The Kier molecular flexibility index (Phi) is 5.47. The van der Waals surface area contributed by atoms with Gasteiger partial charge in [-0.15, -0.1) is 11.3 Å².